The molecule has 9 heteroatoms. The molecule has 0 radical (unpaired) electrons. The zero-order valence-corrected chi connectivity index (χ0v) is 22.3. The highest BCUT2D eigenvalue weighted by atomic mass is 35.5. The summed E-state index contributed by atoms with van der Waals surface area (Å²) in [4.78, 5) is 17.1. The molecular weight excluding hydrogens is 498 g/mol. The van der Waals surface area contributed by atoms with Gasteiger partial charge in [-0.2, -0.15) is 0 Å². The van der Waals surface area contributed by atoms with Gasteiger partial charge in [0.25, 0.3) is 10.0 Å². The van der Waals surface area contributed by atoms with Crippen LogP contribution in [0.3, 0.4) is 0 Å². The molecule has 2 aromatic carbocycles. The minimum absolute atomic E-state index is 0.0574. The zero-order valence-electron chi connectivity index (χ0n) is 20.7. The van der Waals surface area contributed by atoms with E-state index in [0.29, 0.717) is 22.3 Å². The maximum atomic E-state index is 13.1. The highest BCUT2D eigenvalue weighted by Gasteiger charge is 2.27. The molecule has 0 saturated carbocycles. The summed E-state index contributed by atoms with van der Waals surface area (Å²) >= 11 is 6.06. The van der Waals surface area contributed by atoms with Gasteiger partial charge in [-0.1, -0.05) is 48.0 Å². The molecule has 4 rings (SSSR count). The minimum Gasteiger partial charge on any atom is -0.455 e. The summed E-state index contributed by atoms with van der Waals surface area (Å²) in [6.07, 6.45) is 0. The van der Waals surface area contributed by atoms with Crippen molar-refractivity contribution in [2.24, 2.45) is 0 Å². The van der Waals surface area contributed by atoms with Gasteiger partial charge in [0.2, 0.25) is 0 Å². The number of nitrogens with zero attached hydrogens (tertiary/aromatic N) is 1. The molecule has 0 aliphatic rings. The van der Waals surface area contributed by atoms with Crippen molar-refractivity contribution in [2.45, 2.75) is 51.2 Å². The standard InChI is InChI=1S/C27H28ClN3O4S/c1-16-13-19(25-20(14-16)22(32)15-23(35-25)18-9-7-6-8-10-18)17(2)29-21-11-12-24(28)30-26(21)36(33,34)31-27(3,4)5/h6-15,17,29,31H,1-5H3/t17-/m1/s1. The second-order valence-electron chi connectivity index (χ2n) is 9.78. The van der Waals surface area contributed by atoms with Crippen LogP contribution in [-0.4, -0.2) is 18.9 Å². The van der Waals surface area contributed by atoms with Gasteiger partial charge >= 0.3 is 0 Å². The number of rotatable bonds is 6. The summed E-state index contributed by atoms with van der Waals surface area (Å²) in [5.74, 6) is 0.455. The minimum atomic E-state index is -3.98. The van der Waals surface area contributed by atoms with Crippen LogP contribution >= 0.6 is 11.6 Å². The molecule has 0 saturated heterocycles. The quantitative estimate of drug-likeness (QED) is 0.296. The van der Waals surface area contributed by atoms with Crippen LogP contribution in [0.15, 0.2) is 74.9 Å². The van der Waals surface area contributed by atoms with Gasteiger partial charge in [0.05, 0.1) is 17.1 Å². The van der Waals surface area contributed by atoms with Crippen molar-refractivity contribution in [2.75, 3.05) is 5.32 Å². The summed E-state index contributed by atoms with van der Waals surface area (Å²) in [6.45, 7) is 9.00. The summed E-state index contributed by atoms with van der Waals surface area (Å²) in [5.41, 5.74) is 2.22. The van der Waals surface area contributed by atoms with E-state index in [-0.39, 0.29) is 21.3 Å². The Hall–Kier alpha value is -3.20. The molecule has 0 aliphatic heterocycles. The van der Waals surface area contributed by atoms with Crippen LogP contribution in [-0.2, 0) is 10.0 Å². The SMILES string of the molecule is Cc1cc([C@@H](C)Nc2ccc(Cl)nc2S(=O)(=O)NC(C)(C)C)c2oc(-c3ccccc3)cc(=O)c2c1. The van der Waals surface area contributed by atoms with Gasteiger partial charge < -0.3 is 9.73 Å². The van der Waals surface area contributed by atoms with E-state index in [4.69, 9.17) is 16.0 Å². The molecule has 2 heterocycles. The van der Waals surface area contributed by atoms with Crippen LogP contribution in [0.4, 0.5) is 5.69 Å². The molecule has 0 spiro atoms. The normalized spacial score (nSPS) is 13.1. The van der Waals surface area contributed by atoms with Gasteiger partial charge in [0, 0.05) is 22.7 Å². The fourth-order valence-corrected chi connectivity index (χ4v) is 5.73. The summed E-state index contributed by atoms with van der Waals surface area (Å²) in [7, 11) is -3.98. The highest BCUT2D eigenvalue weighted by molar-refractivity contribution is 7.89. The highest BCUT2D eigenvalue weighted by Crippen LogP contribution is 2.32. The van der Waals surface area contributed by atoms with Crippen LogP contribution in [0, 0.1) is 6.92 Å². The van der Waals surface area contributed by atoms with E-state index >= 15 is 0 Å². The first-order chi connectivity index (χ1) is 16.8. The smallest absolute Gasteiger partial charge is 0.260 e. The lowest BCUT2D eigenvalue weighted by molar-refractivity contribution is 0.490. The predicted molar refractivity (Wildman–Crippen MR) is 144 cm³/mol. The monoisotopic (exact) mass is 525 g/mol. The molecule has 2 N–H and O–H groups in total. The molecular formula is C27H28ClN3O4S. The Morgan fingerprint density at radius 2 is 1.72 bits per heavy atom. The largest absolute Gasteiger partial charge is 0.455 e. The number of anilines is 1. The number of hydrogen-bond donors (Lipinski definition) is 2. The molecule has 0 bridgehead atoms. The number of halogens is 1. The molecule has 0 aliphatic carbocycles. The average molecular weight is 526 g/mol. The Morgan fingerprint density at radius 3 is 2.39 bits per heavy atom. The number of pyridine rings is 1. The molecule has 2 aromatic heterocycles. The Balaban J connectivity index is 1.82. The third-order valence-corrected chi connectivity index (χ3v) is 7.33. The molecule has 188 valence electrons. The van der Waals surface area contributed by atoms with Gasteiger partial charge in [0.1, 0.15) is 16.5 Å². The van der Waals surface area contributed by atoms with Crippen LogP contribution in [0.25, 0.3) is 22.3 Å². The average Bonchev–Trinajstić information content (AvgIpc) is 2.79. The Labute approximate surface area is 215 Å². The van der Waals surface area contributed by atoms with E-state index in [9.17, 15) is 13.2 Å². The zero-order chi connectivity index (χ0) is 26.3. The van der Waals surface area contributed by atoms with E-state index in [0.717, 1.165) is 11.1 Å². The van der Waals surface area contributed by atoms with Gasteiger partial charge in [-0.15, -0.1) is 0 Å². The van der Waals surface area contributed by atoms with Crippen molar-refractivity contribution in [1.82, 2.24) is 9.71 Å². The Bertz CT molecular complexity index is 1590. The van der Waals surface area contributed by atoms with Crippen molar-refractivity contribution in [3.8, 4) is 11.3 Å². The van der Waals surface area contributed by atoms with Crippen LogP contribution in [0.1, 0.15) is 44.9 Å². The van der Waals surface area contributed by atoms with E-state index in [1.807, 2.05) is 50.2 Å². The van der Waals surface area contributed by atoms with Gasteiger partial charge in [-0.25, -0.2) is 18.1 Å². The van der Waals surface area contributed by atoms with Crippen molar-refractivity contribution >= 4 is 38.3 Å². The number of fused-ring (bicyclic) bond motifs is 1. The third kappa shape index (κ3) is 5.61. The first kappa shape index (κ1) is 25.9. The number of hydrogen-bond acceptors (Lipinski definition) is 6. The lowest BCUT2D eigenvalue weighted by Gasteiger charge is -2.23. The number of aryl methyl sites for hydroxylation is 1. The molecule has 36 heavy (non-hydrogen) atoms. The molecule has 7 nitrogen and oxygen atoms in total. The van der Waals surface area contributed by atoms with Crippen molar-refractivity contribution < 1.29 is 12.8 Å². The first-order valence-electron chi connectivity index (χ1n) is 11.4. The van der Waals surface area contributed by atoms with Gasteiger partial charge in [0.15, 0.2) is 10.5 Å². The molecule has 0 unspecified atom stereocenters. The van der Waals surface area contributed by atoms with Crippen LogP contribution < -0.4 is 15.5 Å². The molecule has 4 aromatic rings. The van der Waals surface area contributed by atoms with Crippen molar-refractivity contribution in [1.29, 1.82) is 0 Å². The first-order valence-corrected chi connectivity index (χ1v) is 13.3. The third-order valence-electron chi connectivity index (χ3n) is 5.42. The number of benzene rings is 2. The number of aromatic nitrogens is 1. The number of nitrogens with one attached hydrogen (secondary N) is 2. The Kier molecular flexibility index (Phi) is 6.96. The summed E-state index contributed by atoms with van der Waals surface area (Å²) in [5, 5.41) is 3.54. The molecule has 0 amide bonds. The molecule has 0 fully saturated rings. The maximum Gasteiger partial charge on any atom is 0.260 e. The molecule has 1 atom stereocenters. The predicted octanol–water partition coefficient (Wildman–Crippen LogP) is 6.07. The second kappa shape index (κ2) is 9.69. The maximum absolute atomic E-state index is 13.1. The van der Waals surface area contributed by atoms with Crippen molar-refractivity contribution in [3.05, 3.63) is 87.2 Å². The number of sulfonamides is 1. The van der Waals surface area contributed by atoms with Crippen LogP contribution in [0.5, 0.6) is 0 Å². The van der Waals surface area contributed by atoms with E-state index in [1.54, 1.807) is 32.9 Å². The van der Waals surface area contributed by atoms with Gasteiger partial charge in [-0.05, 0) is 58.4 Å². The topological polar surface area (TPSA) is 101 Å². The van der Waals surface area contributed by atoms with E-state index < -0.39 is 21.6 Å². The fraction of sp³-hybridized carbons (Fsp3) is 0.259. The van der Waals surface area contributed by atoms with Crippen molar-refractivity contribution in [3.63, 3.8) is 0 Å². The second-order valence-corrected chi connectivity index (χ2v) is 11.8. The lowest BCUT2D eigenvalue weighted by Crippen LogP contribution is -2.41. The Morgan fingerprint density at radius 1 is 1.03 bits per heavy atom. The fourth-order valence-electron chi connectivity index (χ4n) is 4.00. The van der Waals surface area contributed by atoms with E-state index in [1.165, 1.54) is 12.1 Å². The van der Waals surface area contributed by atoms with Crippen LogP contribution in [0.2, 0.25) is 5.15 Å². The lowest BCUT2D eigenvalue weighted by atomic mass is 10.0. The van der Waals surface area contributed by atoms with Gasteiger partial charge in [-0.3, -0.25) is 4.79 Å². The summed E-state index contributed by atoms with van der Waals surface area (Å²) < 4.78 is 35.1. The van der Waals surface area contributed by atoms with E-state index in [2.05, 4.69) is 15.0 Å². The summed E-state index contributed by atoms with van der Waals surface area (Å²) in [6, 6.07) is 17.3.